The van der Waals surface area contributed by atoms with E-state index >= 15 is 0 Å². The van der Waals surface area contributed by atoms with Gasteiger partial charge in [-0.1, -0.05) is 0 Å². The molecule has 6 heteroatoms. The van der Waals surface area contributed by atoms with Crippen molar-refractivity contribution in [2.24, 2.45) is 5.92 Å². The molecule has 1 saturated heterocycles. The zero-order valence-electron chi connectivity index (χ0n) is 12.8. The molecule has 0 amide bonds. The Labute approximate surface area is 127 Å². The maximum Gasteiger partial charge on any atom is 0.240 e. The van der Waals surface area contributed by atoms with Crippen LogP contribution in [0.3, 0.4) is 0 Å². The third kappa shape index (κ3) is 4.69. The summed E-state index contributed by atoms with van der Waals surface area (Å²) in [6.45, 7) is 5.41. The fourth-order valence-corrected chi connectivity index (χ4v) is 3.82. The van der Waals surface area contributed by atoms with Gasteiger partial charge in [0.15, 0.2) is 0 Å². The van der Waals surface area contributed by atoms with Gasteiger partial charge < -0.3 is 10.2 Å². The quantitative estimate of drug-likeness (QED) is 0.840. The lowest BCUT2D eigenvalue weighted by molar-refractivity contribution is 0.211. The summed E-state index contributed by atoms with van der Waals surface area (Å²) in [6, 6.07) is 6.89. The summed E-state index contributed by atoms with van der Waals surface area (Å²) in [5.74, 6) is 0.402. The van der Waals surface area contributed by atoms with Gasteiger partial charge in [0.25, 0.3) is 0 Å². The number of benzene rings is 1. The molecule has 5 nitrogen and oxygen atoms in total. The van der Waals surface area contributed by atoms with Crippen LogP contribution in [-0.2, 0) is 10.0 Å². The van der Waals surface area contributed by atoms with Crippen molar-refractivity contribution in [1.82, 2.24) is 9.62 Å². The molecule has 2 rings (SSSR count). The van der Waals surface area contributed by atoms with Crippen LogP contribution < -0.4 is 10.0 Å². The highest BCUT2D eigenvalue weighted by Crippen LogP contribution is 2.17. The Hall–Kier alpha value is -1.11. The fourth-order valence-electron chi connectivity index (χ4n) is 2.71. The molecule has 0 radical (unpaired) electrons. The van der Waals surface area contributed by atoms with Gasteiger partial charge >= 0.3 is 0 Å². The minimum absolute atomic E-state index is 0.327. The molecule has 2 N–H and O–H groups in total. The summed E-state index contributed by atoms with van der Waals surface area (Å²) < 4.78 is 27.3. The van der Waals surface area contributed by atoms with E-state index in [0.717, 1.165) is 38.2 Å². The number of hydrogen-bond acceptors (Lipinski definition) is 4. The highest BCUT2D eigenvalue weighted by Gasteiger charge is 2.20. The first-order valence-electron chi connectivity index (χ1n) is 7.53. The molecule has 0 aliphatic carbocycles. The third-order valence-corrected chi connectivity index (χ3v) is 5.27. The highest BCUT2D eigenvalue weighted by molar-refractivity contribution is 7.89. The van der Waals surface area contributed by atoms with Crippen LogP contribution in [0.25, 0.3) is 0 Å². The van der Waals surface area contributed by atoms with Gasteiger partial charge in [-0.25, -0.2) is 13.1 Å². The van der Waals surface area contributed by atoms with Crippen molar-refractivity contribution in [3.63, 3.8) is 0 Å². The Morgan fingerprint density at radius 2 is 2.00 bits per heavy atom. The fraction of sp³-hybridized carbons (Fsp3) is 0.600. The number of hydrogen-bond donors (Lipinski definition) is 2. The molecule has 1 aromatic rings. The summed E-state index contributed by atoms with van der Waals surface area (Å²) >= 11 is 0. The predicted octanol–water partition coefficient (Wildman–Crippen LogP) is 1.74. The molecule has 1 unspecified atom stereocenters. The largest absolute Gasteiger partial charge is 0.385 e. The summed E-state index contributed by atoms with van der Waals surface area (Å²) in [6.07, 6.45) is 2.23. The zero-order chi connectivity index (χ0) is 15.3. The molecular weight excluding hydrogens is 286 g/mol. The molecule has 0 bridgehead atoms. The van der Waals surface area contributed by atoms with Gasteiger partial charge in [-0.15, -0.1) is 0 Å². The normalized spacial score (nSPS) is 20.4. The number of nitrogens with zero attached hydrogens (tertiary/aromatic N) is 1. The molecule has 0 spiro atoms. The van der Waals surface area contributed by atoms with Gasteiger partial charge in [0.2, 0.25) is 10.0 Å². The summed E-state index contributed by atoms with van der Waals surface area (Å²) in [5, 5.41) is 3.15. The zero-order valence-corrected chi connectivity index (χ0v) is 13.6. The van der Waals surface area contributed by atoms with Crippen molar-refractivity contribution in [2.45, 2.75) is 24.7 Å². The second-order valence-electron chi connectivity index (χ2n) is 5.68. The first-order valence-corrected chi connectivity index (χ1v) is 9.01. The van der Waals surface area contributed by atoms with Gasteiger partial charge in [-0.2, -0.15) is 0 Å². The SMILES string of the molecule is CCNc1ccc(S(=O)(=O)NCC2CCCN(C)C2)cc1. The van der Waals surface area contributed by atoms with Gasteiger partial charge in [-0.3, -0.25) is 0 Å². The maximum absolute atomic E-state index is 12.3. The van der Waals surface area contributed by atoms with Crippen LogP contribution >= 0.6 is 0 Å². The molecule has 1 fully saturated rings. The van der Waals surface area contributed by atoms with E-state index in [1.807, 2.05) is 6.92 Å². The lowest BCUT2D eigenvalue weighted by atomic mass is 9.99. The highest BCUT2D eigenvalue weighted by atomic mass is 32.2. The van der Waals surface area contributed by atoms with E-state index in [4.69, 9.17) is 0 Å². The van der Waals surface area contributed by atoms with E-state index in [1.165, 1.54) is 0 Å². The minimum Gasteiger partial charge on any atom is -0.385 e. The van der Waals surface area contributed by atoms with Crippen molar-refractivity contribution in [3.8, 4) is 0 Å². The molecule has 0 saturated carbocycles. The molecule has 21 heavy (non-hydrogen) atoms. The lowest BCUT2D eigenvalue weighted by Gasteiger charge is -2.29. The van der Waals surface area contributed by atoms with Crippen molar-refractivity contribution in [2.75, 3.05) is 38.5 Å². The molecule has 1 aromatic carbocycles. The number of sulfonamides is 1. The molecule has 1 atom stereocenters. The van der Waals surface area contributed by atoms with Crippen LogP contribution in [0.2, 0.25) is 0 Å². The second-order valence-corrected chi connectivity index (χ2v) is 7.44. The average molecular weight is 311 g/mol. The van der Waals surface area contributed by atoms with Crippen LogP contribution in [-0.4, -0.2) is 46.5 Å². The molecule has 0 aromatic heterocycles. The Morgan fingerprint density at radius 3 is 2.62 bits per heavy atom. The summed E-state index contributed by atoms with van der Waals surface area (Å²) in [5.41, 5.74) is 0.936. The third-order valence-electron chi connectivity index (χ3n) is 3.83. The smallest absolute Gasteiger partial charge is 0.240 e. The minimum atomic E-state index is -3.41. The van der Waals surface area contributed by atoms with E-state index in [2.05, 4.69) is 22.0 Å². The Kier molecular flexibility index (Phi) is 5.61. The Balaban J connectivity index is 1.94. The summed E-state index contributed by atoms with van der Waals surface area (Å²) in [7, 11) is -1.32. The van der Waals surface area contributed by atoms with E-state index in [0.29, 0.717) is 17.4 Å². The van der Waals surface area contributed by atoms with Crippen LogP contribution in [0, 0.1) is 5.92 Å². The number of rotatable bonds is 6. The molecule has 118 valence electrons. The van der Waals surface area contributed by atoms with Crippen LogP contribution in [0.4, 0.5) is 5.69 Å². The first-order chi connectivity index (χ1) is 10.0. The topological polar surface area (TPSA) is 61.4 Å². The van der Waals surface area contributed by atoms with E-state index in [1.54, 1.807) is 24.3 Å². The number of likely N-dealkylation sites (tertiary alicyclic amines) is 1. The van der Waals surface area contributed by atoms with Crippen molar-refractivity contribution < 1.29 is 8.42 Å². The van der Waals surface area contributed by atoms with Gasteiger partial charge in [0.05, 0.1) is 4.90 Å². The Bertz CT molecular complexity index is 543. The van der Waals surface area contributed by atoms with Gasteiger partial charge in [-0.05, 0) is 63.5 Å². The molecule has 1 heterocycles. The first kappa shape index (κ1) is 16.3. The monoisotopic (exact) mass is 311 g/mol. The molecule has 1 aliphatic rings. The Morgan fingerprint density at radius 1 is 1.29 bits per heavy atom. The van der Waals surface area contributed by atoms with Crippen molar-refractivity contribution in [1.29, 1.82) is 0 Å². The van der Waals surface area contributed by atoms with Crippen LogP contribution in [0.1, 0.15) is 19.8 Å². The molecule has 1 aliphatic heterocycles. The number of anilines is 1. The average Bonchev–Trinajstić information content (AvgIpc) is 2.46. The van der Waals surface area contributed by atoms with E-state index < -0.39 is 10.0 Å². The van der Waals surface area contributed by atoms with E-state index in [9.17, 15) is 8.42 Å². The van der Waals surface area contributed by atoms with Crippen LogP contribution in [0.5, 0.6) is 0 Å². The molecular formula is C15H25N3O2S. The predicted molar refractivity (Wildman–Crippen MR) is 86.0 cm³/mol. The maximum atomic E-state index is 12.3. The lowest BCUT2D eigenvalue weighted by Crippen LogP contribution is -2.39. The van der Waals surface area contributed by atoms with Gasteiger partial charge in [0, 0.05) is 25.3 Å². The van der Waals surface area contributed by atoms with E-state index in [-0.39, 0.29) is 0 Å². The van der Waals surface area contributed by atoms with Crippen molar-refractivity contribution >= 4 is 15.7 Å². The van der Waals surface area contributed by atoms with Crippen LogP contribution in [0.15, 0.2) is 29.2 Å². The second kappa shape index (κ2) is 7.24. The van der Waals surface area contributed by atoms with Gasteiger partial charge in [0.1, 0.15) is 0 Å². The van der Waals surface area contributed by atoms with Crippen molar-refractivity contribution in [3.05, 3.63) is 24.3 Å². The standard InChI is InChI=1S/C15H25N3O2S/c1-3-16-14-6-8-15(9-7-14)21(19,20)17-11-13-5-4-10-18(2)12-13/h6-9,13,16-17H,3-5,10-12H2,1-2H3. The summed E-state index contributed by atoms with van der Waals surface area (Å²) in [4.78, 5) is 2.58. The number of nitrogens with one attached hydrogen (secondary N) is 2. The number of piperidine rings is 1.